The summed E-state index contributed by atoms with van der Waals surface area (Å²) in [5.41, 5.74) is 3.00. The molecule has 1 aliphatic rings. The number of aryl methyl sites for hydroxylation is 2. The molecule has 0 saturated carbocycles. The summed E-state index contributed by atoms with van der Waals surface area (Å²) in [6.45, 7) is 1.83. The number of imidazole rings is 1. The summed E-state index contributed by atoms with van der Waals surface area (Å²) in [6, 6.07) is 13.0. The molecule has 1 N–H and O–H groups in total. The molecule has 0 amide bonds. The number of hydrogen-bond acceptors (Lipinski definition) is 7. The van der Waals surface area contributed by atoms with Crippen LogP contribution in [0.25, 0.3) is 22.4 Å². The maximum absolute atomic E-state index is 14.1. The Labute approximate surface area is 233 Å². The van der Waals surface area contributed by atoms with E-state index >= 15 is 0 Å². The van der Waals surface area contributed by atoms with Crippen LogP contribution in [0.1, 0.15) is 28.3 Å². The Balaban J connectivity index is 1.16. The van der Waals surface area contributed by atoms with Gasteiger partial charge in [0.2, 0.25) is 5.88 Å². The van der Waals surface area contributed by atoms with Gasteiger partial charge >= 0.3 is 5.97 Å². The molecule has 1 aliphatic heterocycles. The monoisotopic (exact) mass is 562 g/mol. The van der Waals surface area contributed by atoms with Crippen molar-refractivity contribution in [2.75, 3.05) is 6.61 Å². The number of halogens is 2. The Morgan fingerprint density at radius 2 is 2.05 bits per heavy atom. The Morgan fingerprint density at radius 1 is 1.18 bits per heavy atom. The topological polar surface area (TPSA) is 117 Å². The Morgan fingerprint density at radius 3 is 2.83 bits per heavy atom. The molecule has 0 spiro atoms. The standard InChI is InChI=1S/C28H24ClFN6O4/c29-19-5-4-17(21(30)12-19)16-40-26-3-1-2-22(33-26)18-13-31-35(14-18)10-8-25-32-23-6-7-24(28(37)38)34-27(23)36(25)15-20-9-11-39-20/h1-7,12-14,20H,8-11,15-16H2,(H,37,38). The van der Waals surface area contributed by atoms with Gasteiger partial charge < -0.3 is 19.1 Å². The van der Waals surface area contributed by atoms with Gasteiger partial charge in [-0.25, -0.2) is 24.1 Å². The summed E-state index contributed by atoms with van der Waals surface area (Å²) in [7, 11) is 0. The van der Waals surface area contributed by atoms with E-state index < -0.39 is 11.8 Å². The number of hydrogen-bond donors (Lipinski definition) is 1. The molecule has 12 heteroatoms. The van der Waals surface area contributed by atoms with Crippen LogP contribution in [0.2, 0.25) is 5.02 Å². The molecule has 0 aliphatic carbocycles. The zero-order valence-corrected chi connectivity index (χ0v) is 22.0. The number of nitrogens with zero attached hydrogens (tertiary/aromatic N) is 6. The van der Waals surface area contributed by atoms with Crippen molar-refractivity contribution >= 4 is 28.7 Å². The highest BCUT2D eigenvalue weighted by Crippen LogP contribution is 2.23. The zero-order chi connectivity index (χ0) is 27.6. The normalized spacial score (nSPS) is 14.8. The third-order valence-electron chi connectivity index (χ3n) is 6.68. The molecule has 0 bridgehead atoms. The van der Waals surface area contributed by atoms with Crippen LogP contribution in [0.3, 0.4) is 0 Å². The van der Waals surface area contributed by atoms with Crippen LogP contribution < -0.4 is 4.74 Å². The van der Waals surface area contributed by atoms with Crippen LogP contribution in [0.5, 0.6) is 5.88 Å². The number of carboxylic acid groups (broad SMARTS) is 1. The van der Waals surface area contributed by atoms with Crippen LogP contribution in [-0.2, 0) is 30.9 Å². The van der Waals surface area contributed by atoms with Crippen LogP contribution in [0.15, 0.2) is 60.9 Å². The summed E-state index contributed by atoms with van der Waals surface area (Å²) >= 11 is 5.82. The Bertz CT molecular complexity index is 1700. The SMILES string of the molecule is O=C(O)c1ccc2nc(CCn3cc(-c4cccc(OCc5ccc(Cl)cc5F)n4)cn3)n(CC3CCO3)c2n1. The lowest BCUT2D eigenvalue weighted by Gasteiger charge is -2.27. The van der Waals surface area contributed by atoms with E-state index in [0.29, 0.717) is 52.8 Å². The first kappa shape index (κ1) is 25.9. The lowest BCUT2D eigenvalue weighted by molar-refractivity contribution is -0.0590. The van der Waals surface area contributed by atoms with Crippen molar-refractivity contribution in [1.29, 1.82) is 0 Å². The van der Waals surface area contributed by atoms with Crippen molar-refractivity contribution in [3.8, 4) is 17.1 Å². The van der Waals surface area contributed by atoms with E-state index in [-0.39, 0.29) is 18.4 Å². The fraction of sp³-hybridized carbons (Fsp3) is 0.250. The van der Waals surface area contributed by atoms with Gasteiger partial charge in [0.15, 0.2) is 11.3 Å². The molecule has 0 radical (unpaired) electrons. The number of pyridine rings is 2. The summed E-state index contributed by atoms with van der Waals surface area (Å²) in [6.07, 6.45) is 5.14. The van der Waals surface area contributed by atoms with Crippen molar-refractivity contribution < 1.29 is 23.8 Å². The average molecular weight is 563 g/mol. The molecular formula is C28H24ClFN6O4. The molecule has 1 fully saturated rings. The maximum atomic E-state index is 14.1. The summed E-state index contributed by atoms with van der Waals surface area (Å²) in [5.74, 6) is -0.377. The fourth-order valence-electron chi connectivity index (χ4n) is 4.46. The van der Waals surface area contributed by atoms with Gasteiger partial charge in [-0.2, -0.15) is 5.10 Å². The number of rotatable bonds is 10. The van der Waals surface area contributed by atoms with Crippen LogP contribution in [-0.4, -0.2) is 53.1 Å². The van der Waals surface area contributed by atoms with Gasteiger partial charge in [-0.3, -0.25) is 4.68 Å². The lowest BCUT2D eigenvalue weighted by atomic mass is 10.2. The van der Waals surface area contributed by atoms with Crippen molar-refractivity contribution in [3.05, 3.63) is 88.8 Å². The number of benzene rings is 1. The molecule has 6 rings (SSSR count). The second kappa shape index (κ2) is 11.0. The van der Waals surface area contributed by atoms with E-state index in [1.54, 1.807) is 35.1 Å². The number of carbonyl (C=O) groups is 1. The third kappa shape index (κ3) is 5.51. The minimum absolute atomic E-state index is 0.0223. The second-order valence-corrected chi connectivity index (χ2v) is 9.83. The number of aromatic carboxylic acids is 1. The fourth-order valence-corrected chi connectivity index (χ4v) is 4.62. The first-order valence-electron chi connectivity index (χ1n) is 12.7. The lowest BCUT2D eigenvalue weighted by Crippen LogP contribution is -2.32. The molecule has 5 heterocycles. The highest BCUT2D eigenvalue weighted by atomic mass is 35.5. The summed E-state index contributed by atoms with van der Waals surface area (Å²) < 4.78 is 29.1. The maximum Gasteiger partial charge on any atom is 0.354 e. The minimum Gasteiger partial charge on any atom is -0.477 e. The van der Waals surface area contributed by atoms with Crippen molar-refractivity contribution in [3.63, 3.8) is 0 Å². The van der Waals surface area contributed by atoms with Gasteiger partial charge in [-0.05, 0) is 36.8 Å². The molecule has 1 saturated heterocycles. The second-order valence-electron chi connectivity index (χ2n) is 9.39. The molecule has 5 aromatic rings. The third-order valence-corrected chi connectivity index (χ3v) is 6.91. The number of ether oxygens (including phenoxy) is 2. The quantitative estimate of drug-likeness (QED) is 0.258. The van der Waals surface area contributed by atoms with E-state index in [1.807, 2.05) is 22.9 Å². The Hall–Kier alpha value is -4.35. The predicted octanol–water partition coefficient (Wildman–Crippen LogP) is 4.79. The average Bonchev–Trinajstić information content (AvgIpc) is 3.53. The molecule has 4 aromatic heterocycles. The molecule has 40 heavy (non-hydrogen) atoms. The van der Waals surface area contributed by atoms with E-state index in [1.165, 1.54) is 12.1 Å². The van der Waals surface area contributed by atoms with Crippen molar-refractivity contribution in [2.24, 2.45) is 0 Å². The highest BCUT2D eigenvalue weighted by molar-refractivity contribution is 6.30. The number of aromatic nitrogens is 6. The van der Waals surface area contributed by atoms with E-state index in [2.05, 4.69) is 15.1 Å². The van der Waals surface area contributed by atoms with Crippen LogP contribution in [0.4, 0.5) is 4.39 Å². The van der Waals surface area contributed by atoms with Crippen LogP contribution >= 0.6 is 11.6 Å². The van der Waals surface area contributed by atoms with E-state index in [9.17, 15) is 14.3 Å². The van der Waals surface area contributed by atoms with Gasteiger partial charge in [0, 0.05) is 48.0 Å². The van der Waals surface area contributed by atoms with E-state index in [4.69, 9.17) is 26.1 Å². The van der Waals surface area contributed by atoms with Crippen LogP contribution in [0, 0.1) is 5.82 Å². The van der Waals surface area contributed by atoms with Gasteiger partial charge in [0.25, 0.3) is 0 Å². The molecule has 204 valence electrons. The predicted molar refractivity (Wildman–Crippen MR) is 144 cm³/mol. The van der Waals surface area contributed by atoms with Crippen molar-refractivity contribution in [2.45, 2.75) is 38.6 Å². The Kier molecular flexibility index (Phi) is 7.14. The molecular weight excluding hydrogens is 539 g/mol. The highest BCUT2D eigenvalue weighted by Gasteiger charge is 2.23. The summed E-state index contributed by atoms with van der Waals surface area (Å²) in [5, 5.41) is 14.2. The number of carboxylic acids is 1. The molecule has 1 unspecified atom stereocenters. The van der Waals surface area contributed by atoms with Gasteiger partial charge in [0.05, 0.1) is 24.5 Å². The largest absolute Gasteiger partial charge is 0.477 e. The molecule has 1 aromatic carbocycles. The van der Waals surface area contributed by atoms with Gasteiger partial charge in [0.1, 0.15) is 23.8 Å². The van der Waals surface area contributed by atoms with E-state index in [0.717, 1.165) is 24.4 Å². The summed E-state index contributed by atoms with van der Waals surface area (Å²) in [4.78, 5) is 25.1. The molecule has 10 nitrogen and oxygen atoms in total. The first-order chi connectivity index (χ1) is 19.4. The number of fused-ring (bicyclic) bond motifs is 1. The van der Waals surface area contributed by atoms with Gasteiger partial charge in [-0.15, -0.1) is 0 Å². The van der Waals surface area contributed by atoms with Gasteiger partial charge in [-0.1, -0.05) is 23.7 Å². The smallest absolute Gasteiger partial charge is 0.354 e. The van der Waals surface area contributed by atoms with Crippen molar-refractivity contribution in [1.82, 2.24) is 29.3 Å². The minimum atomic E-state index is -1.08. The first-order valence-corrected chi connectivity index (χ1v) is 13.1. The molecule has 1 atom stereocenters. The zero-order valence-electron chi connectivity index (χ0n) is 21.2.